The Morgan fingerprint density at radius 1 is 1.21 bits per heavy atom. The fourth-order valence-corrected chi connectivity index (χ4v) is 2.90. The summed E-state index contributed by atoms with van der Waals surface area (Å²) in [6.07, 6.45) is 11.0. The number of benzene rings is 1. The first-order valence-electron chi connectivity index (χ1n) is 9.52. The standard InChI is InChI=1S/C25H33N3/c1-9-13-24(17-26-6)25(11-3)20(5)27-19(4)22-14-12-15-23(16-22)21(10-2)18-28(7)8/h10-18H,2,4,9H2,1,3,5-8H3/b21-18+,24-13+,25-11+,26-17?,27-20?. The van der Waals surface area contributed by atoms with Crippen LogP contribution in [-0.2, 0) is 0 Å². The van der Waals surface area contributed by atoms with E-state index < -0.39 is 0 Å². The fourth-order valence-electron chi connectivity index (χ4n) is 2.90. The van der Waals surface area contributed by atoms with Crippen molar-refractivity contribution in [3.63, 3.8) is 0 Å². The van der Waals surface area contributed by atoms with Crippen molar-refractivity contribution < 1.29 is 0 Å². The molecule has 0 saturated carbocycles. The van der Waals surface area contributed by atoms with Crippen molar-refractivity contribution in [2.24, 2.45) is 9.98 Å². The average molecular weight is 376 g/mol. The molecular formula is C25H33N3. The highest BCUT2D eigenvalue weighted by atomic mass is 15.0. The van der Waals surface area contributed by atoms with Crippen molar-refractivity contribution in [1.82, 2.24) is 4.90 Å². The molecule has 0 heterocycles. The predicted molar refractivity (Wildman–Crippen MR) is 127 cm³/mol. The summed E-state index contributed by atoms with van der Waals surface area (Å²) in [7, 11) is 5.78. The number of hydrogen-bond acceptors (Lipinski definition) is 3. The van der Waals surface area contributed by atoms with Crippen LogP contribution in [0.1, 0.15) is 38.3 Å². The maximum absolute atomic E-state index is 4.79. The van der Waals surface area contributed by atoms with Gasteiger partial charge in [-0.1, -0.05) is 56.5 Å². The van der Waals surface area contributed by atoms with Crippen LogP contribution in [0.3, 0.4) is 0 Å². The number of aliphatic imine (C=N–C) groups is 2. The summed E-state index contributed by atoms with van der Waals surface area (Å²) in [5, 5.41) is 0. The van der Waals surface area contributed by atoms with Gasteiger partial charge >= 0.3 is 0 Å². The Morgan fingerprint density at radius 2 is 1.89 bits per heavy atom. The second kappa shape index (κ2) is 11.7. The number of hydrogen-bond donors (Lipinski definition) is 0. The largest absolute Gasteiger partial charge is 0.383 e. The Balaban J connectivity index is 3.26. The molecule has 148 valence electrons. The molecule has 3 nitrogen and oxygen atoms in total. The molecule has 0 atom stereocenters. The van der Waals surface area contributed by atoms with Gasteiger partial charge in [-0.25, -0.2) is 0 Å². The van der Waals surface area contributed by atoms with Gasteiger partial charge in [0.1, 0.15) is 0 Å². The normalized spacial score (nSPS) is 13.8. The molecule has 0 saturated heterocycles. The molecule has 0 aliphatic rings. The van der Waals surface area contributed by atoms with Gasteiger partial charge in [-0.15, -0.1) is 0 Å². The molecule has 0 fully saturated rings. The summed E-state index contributed by atoms with van der Waals surface area (Å²) in [5.74, 6) is 0. The zero-order chi connectivity index (χ0) is 21.1. The van der Waals surface area contributed by atoms with Crippen LogP contribution in [0.4, 0.5) is 0 Å². The molecule has 0 bridgehead atoms. The van der Waals surface area contributed by atoms with E-state index in [4.69, 9.17) is 4.99 Å². The molecule has 1 aromatic rings. The molecule has 0 amide bonds. The number of allylic oxidation sites excluding steroid dienone is 6. The molecule has 3 heteroatoms. The molecule has 1 rings (SSSR count). The lowest BCUT2D eigenvalue weighted by atomic mass is 10.0. The monoisotopic (exact) mass is 375 g/mol. The van der Waals surface area contributed by atoms with Crippen molar-refractivity contribution in [2.75, 3.05) is 21.1 Å². The molecule has 0 aromatic heterocycles. The maximum atomic E-state index is 4.79. The van der Waals surface area contributed by atoms with E-state index in [-0.39, 0.29) is 0 Å². The zero-order valence-corrected chi connectivity index (χ0v) is 18.2. The fraction of sp³-hybridized carbons (Fsp3) is 0.280. The first-order valence-corrected chi connectivity index (χ1v) is 9.52. The Morgan fingerprint density at radius 3 is 2.43 bits per heavy atom. The highest BCUT2D eigenvalue weighted by Gasteiger charge is 2.08. The molecule has 0 N–H and O–H groups in total. The molecule has 0 unspecified atom stereocenters. The van der Waals surface area contributed by atoms with Crippen LogP contribution < -0.4 is 0 Å². The van der Waals surface area contributed by atoms with E-state index in [2.05, 4.69) is 49.4 Å². The Bertz CT molecular complexity index is 846. The van der Waals surface area contributed by atoms with Crippen molar-refractivity contribution in [3.8, 4) is 0 Å². The first-order chi connectivity index (χ1) is 13.4. The summed E-state index contributed by atoms with van der Waals surface area (Å²) >= 11 is 0. The van der Waals surface area contributed by atoms with E-state index in [0.717, 1.165) is 45.7 Å². The first kappa shape index (κ1) is 23.1. The van der Waals surface area contributed by atoms with E-state index in [9.17, 15) is 0 Å². The SMILES string of the molecule is C=C/C(=C\N(C)C)c1cccc(C(=C)N=C(C)C(=C\C)/C(C=NC)=C/CC)c1. The average Bonchev–Trinajstić information content (AvgIpc) is 2.67. The van der Waals surface area contributed by atoms with Gasteiger partial charge in [-0.05, 0) is 48.6 Å². The van der Waals surface area contributed by atoms with Crippen LogP contribution in [0, 0.1) is 0 Å². The molecule has 0 radical (unpaired) electrons. The van der Waals surface area contributed by atoms with Gasteiger partial charge in [-0.2, -0.15) is 0 Å². The maximum Gasteiger partial charge on any atom is 0.0633 e. The van der Waals surface area contributed by atoms with Crippen molar-refractivity contribution in [3.05, 3.63) is 84.1 Å². The molecule has 0 aliphatic heterocycles. The molecule has 0 spiro atoms. The Kier molecular flexibility index (Phi) is 9.66. The van der Waals surface area contributed by atoms with E-state index in [0.29, 0.717) is 0 Å². The third-order valence-corrected chi connectivity index (χ3v) is 4.13. The van der Waals surface area contributed by atoms with Crippen LogP contribution in [0.2, 0.25) is 0 Å². The second-order valence-electron chi connectivity index (χ2n) is 6.63. The van der Waals surface area contributed by atoms with Gasteiger partial charge < -0.3 is 4.90 Å². The third kappa shape index (κ3) is 6.66. The van der Waals surface area contributed by atoms with Gasteiger partial charge in [0.2, 0.25) is 0 Å². The highest BCUT2D eigenvalue weighted by Crippen LogP contribution is 2.23. The van der Waals surface area contributed by atoms with Gasteiger partial charge in [0.25, 0.3) is 0 Å². The van der Waals surface area contributed by atoms with Crippen molar-refractivity contribution >= 4 is 23.2 Å². The lowest BCUT2D eigenvalue weighted by molar-refractivity contribution is 0.566. The smallest absolute Gasteiger partial charge is 0.0633 e. The van der Waals surface area contributed by atoms with Gasteiger partial charge in [-0.3, -0.25) is 9.98 Å². The van der Waals surface area contributed by atoms with Crippen molar-refractivity contribution in [1.29, 1.82) is 0 Å². The number of rotatable bonds is 9. The van der Waals surface area contributed by atoms with Gasteiger partial charge in [0.05, 0.1) is 5.70 Å². The topological polar surface area (TPSA) is 28.0 Å². The summed E-state index contributed by atoms with van der Waals surface area (Å²) < 4.78 is 0. The highest BCUT2D eigenvalue weighted by molar-refractivity contribution is 6.10. The molecule has 0 aliphatic carbocycles. The minimum Gasteiger partial charge on any atom is -0.383 e. The Hall–Kier alpha value is -2.94. The number of nitrogens with zero attached hydrogens (tertiary/aromatic N) is 3. The van der Waals surface area contributed by atoms with Crippen LogP contribution in [0.5, 0.6) is 0 Å². The van der Waals surface area contributed by atoms with Crippen molar-refractivity contribution in [2.45, 2.75) is 27.2 Å². The minimum atomic E-state index is 0.733. The summed E-state index contributed by atoms with van der Waals surface area (Å²) in [4.78, 5) is 11.0. The predicted octanol–water partition coefficient (Wildman–Crippen LogP) is 6.19. The van der Waals surface area contributed by atoms with E-state index in [1.54, 1.807) is 7.05 Å². The quantitative estimate of drug-likeness (QED) is 0.373. The lowest BCUT2D eigenvalue weighted by Crippen LogP contribution is -2.03. The summed E-state index contributed by atoms with van der Waals surface area (Å²) in [5.41, 5.74) is 6.95. The minimum absolute atomic E-state index is 0.733. The summed E-state index contributed by atoms with van der Waals surface area (Å²) in [6, 6.07) is 8.23. The lowest BCUT2D eigenvalue weighted by Gasteiger charge is -2.12. The van der Waals surface area contributed by atoms with Crippen LogP contribution in [-0.4, -0.2) is 38.0 Å². The van der Waals surface area contributed by atoms with Gasteiger partial charge in [0.15, 0.2) is 0 Å². The third-order valence-electron chi connectivity index (χ3n) is 4.13. The van der Waals surface area contributed by atoms with E-state index in [1.165, 1.54) is 0 Å². The van der Waals surface area contributed by atoms with Crippen LogP contribution >= 0.6 is 0 Å². The molecule has 28 heavy (non-hydrogen) atoms. The van der Waals surface area contributed by atoms with Crippen LogP contribution in [0.25, 0.3) is 11.3 Å². The molecular weight excluding hydrogens is 342 g/mol. The second-order valence-corrected chi connectivity index (χ2v) is 6.63. The van der Waals surface area contributed by atoms with Gasteiger partial charge in [0, 0.05) is 44.8 Å². The molecule has 1 aromatic carbocycles. The van der Waals surface area contributed by atoms with E-state index in [1.807, 2.05) is 63.5 Å². The van der Waals surface area contributed by atoms with Crippen LogP contribution in [0.15, 0.2) is 83.0 Å². The summed E-state index contributed by atoms with van der Waals surface area (Å²) in [6.45, 7) is 14.3. The van der Waals surface area contributed by atoms with E-state index >= 15 is 0 Å². The zero-order valence-electron chi connectivity index (χ0n) is 18.2. The Labute approximate surface area is 170 Å².